The molecule has 1 aromatic carbocycles. The van der Waals surface area contributed by atoms with Gasteiger partial charge in [-0.15, -0.1) is 0 Å². The van der Waals surface area contributed by atoms with E-state index in [1.807, 2.05) is 12.1 Å². The largest absolute Gasteiger partial charge is 0.389 e. The first-order valence-electron chi connectivity index (χ1n) is 6.32. The topological polar surface area (TPSA) is 65.6 Å². The quantitative estimate of drug-likeness (QED) is 0.783. The van der Waals surface area contributed by atoms with Crippen molar-refractivity contribution in [1.29, 1.82) is 0 Å². The molecule has 0 aliphatic heterocycles. The number of rotatable bonds is 5. The number of hydrogen-bond acceptors (Lipinski definition) is 3. The highest BCUT2D eigenvalue weighted by Gasteiger charge is 2.19. The van der Waals surface area contributed by atoms with E-state index in [4.69, 9.17) is 4.74 Å². The lowest BCUT2D eigenvalue weighted by molar-refractivity contribution is 0.0381. The Bertz CT molecular complexity index is 657. The Labute approximate surface area is 139 Å². The van der Waals surface area contributed by atoms with Gasteiger partial charge in [0.25, 0.3) is 5.91 Å². The molecule has 0 saturated heterocycles. The third kappa shape index (κ3) is 3.66. The molecular weight excluding hydrogens is 404 g/mol. The van der Waals surface area contributed by atoms with Gasteiger partial charge in [-0.05, 0) is 44.0 Å². The maximum absolute atomic E-state index is 12.5. The maximum Gasteiger partial charge on any atom is 0.255 e. The standard InChI is InChI=1S/C14H16Br2N2O3/c1-18(6-8(19)7-21-2)14(20)10-5-17-13-4-12(16)11(15)3-9(10)13/h3-5,8,17,19H,6-7H2,1-2H3. The summed E-state index contributed by atoms with van der Waals surface area (Å²) in [6, 6.07) is 3.80. The van der Waals surface area contributed by atoms with Gasteiger partial charge in [0.05, 0.1) is 18.3 Å². The van der Waals surface area contributed by atoms with Crippen LogP contribution >= 0.6 is 31.9 Å². The lowest BCUT2D eigenvalue weighted by atomic mass is 10.1. The number of ether oxygens (including phenoxy) is 1. The molecular formula is C14H16Br2N2O3. The van der Waals surface area contributed by atoms with Crippen LogP contribution in [0.25, 0.3) is 10.9 Å². The summed E-state index contributed by atoms with van der Waals surface area (Å²) in [7, 11) is 3.17. The average molecular weight is 420 g/mol. The van der Waals surface area contributed by atoms with Gasteiger partial charge in [0.2, 0.25) is 0 Å². The van der Waals surface area contributed by atoms with Crippen molar-refractivity contribution in [2.45, 2.75) is 6.10 Å². The van der Waals surface area contributed by atoms with Gasteiger partial charge in [-0.2, -0.15) is 0 Å². The molecule has 0 saturated carbocycles. The first-order valence-corrected chi connectivity index (χ1v) is 7.91. The lowest BCUT2D eigenvalue weighted by Crippen LogP contribution is -2.36. The van der Waals surface area contributed by atoms with Crippen LogP contribution in [0.1, 0.15) is 10.4 Å². The zero-order chi connectivity index (χ0) is 15.6. The molecule has 7 heteroatoms. The van der Waals surface area contributed by atoms with Crippen LogP contribution in [0.2, 0.25) is 0 Å². The summed E-state index contributed by atoms with van der Waals surface area (Å²) in [5, 5.41) is 10.6. The SMILES string of the molecule is COCC(O)CN(C)C(=O)c1c[nH]c2cc(Br)c(Br)cc12. The number of hydrogen-bond donors (Lipinski definition) is 2. The van der Waals surface area contributed by atoms with Crippen LogP contribution in [0.3, 0.4) is 0 Å². The van der Waals surface area contributed by atoms with Crippen molar-refractivity contribution in [2.24, 2.45) is 0 Å². The number of carbonyl (C=O) groups excluding carboxylic acids is 1. The van der Waals surface area contributed by atoms with Crippen molar-refractivity contribution in [3.05, 3.63) is 32.8 Å². The van der Waals surface area contributed by atoms with Gasteiger partial charge in [0.1, 0.15) is 0 Å². The van der Waals surface area contributed by atoms with Gasteiger partial charge >= 0.3 is 0 Å². The van der Waals surface area contributed by atoms with Gasteiger partial charge < -0.3 is 19.7 Å². The number of benzene rings is 1. The summed E-state index contributed by atoms with van der Waals surface area (Å²) in [6.45, 7) is 0.418. The summed E-state index contributed by atoms with van der Waals surface area (Å²) in [4.78, 5) is 17.1. The molecule has 1 unspecified atom stereocenters. The van der Waals surface area contributed by atoms with Crippen molar-refractivity contribution < 1.29 is 14.6 Å². The number of nitrogens with one attached hydrogen (secondary N) is 1. The van der Waals surface area contributed by atoms with E-state index in [1.54, 1.807) is 13.2 Å². The van der Waals surface area contributed by atoms with E-state index in [0.29, 0.717) is 5.56 Å². The van der Waals surface area contributed by atoms with E-state index in [2.05, 4.69) is 36.8 Å². The number of aliphatic hydroxyl groups excluding tert-OH is 1. The van der Waals surface area contributed by atoms with Gasteiger partial charge in [-0.1, -0.05) is 0 Å². The van der Waals surface area contributed by atoms with Crippen LogP contribution in [-0.4, -0.2) is 54.3 Å². The molecule has 2 N–H and O–H groups in total. The molecule has 5 nitrogen and oxygen atoms in total. The monoisotopic (exact) mass is 418 g/mol. The minimum Gasteiger partial charge on any atom is -0.389 e. The maximum atomic E-state index is 12.5. The number of H-pyrrole nitrogens is 1. The number of halogens is 2. The first kappa shape index (κ1) is 16.5. The average Bonchev–Trinajstić information content (AvgIpc) is 2.81. The second-order valence-corrected chi connectivity index (χ2v) is 6.52. The number of fused-ring (bicyclic) bond motifs is 1. The van der Waals surface area contributed by atoms with E-state index >= 15 is 0 Å². The van der Waals surface area contributed by atoms with Crippen LogP contribution in [-0.2, 0) is 4.74 Å². The molecule has 2 rings (SSSR count). The minimum atomic E-state index is -0.699. The highest BCUT2D eigenvalue weighted by molar-refractivity contribution is 9.13. The van der Waals surface area contributed by atoms with Crippen molar-refractivity contribution in [3.8, 4) is 0 Å². The van der Waals surface area contributed by atoms with E-state index in [9.17, 15) is 9.90 Å². The Morgan fingerprint density at radius 2 is 2.10 bits per heavy atom. The molecule has 1 aromatic heterocycles. The zero-order valence-corrected chi connectivity index (χ0v) is 14.9. The van der Waals surface area contributed by atoms with Crippen molar-refractivity contribution >= 4 is 48.7 Å². The molecule has 1 amide bonds. The zero-order valence-electron chi connectivity index (χ0n) is 11.7. The Kier molecular flexibility index (Phi) is 5.43. The van der Waals surface area contributed by atoms with E-state index < -0.39 is 6.10 Å². The summed E-state index contributed by atoms with van der Waals surface area (Å²) in [6.07, 6.45) is 0.987. The van der Waals surface area contributed by atoms with Gasteiger partial charge in [0.15, 0.2) is 0 Å². The molecule has 114 valence electrons. The number of likely N-dealkylation sites (N-methyl/N-ethyl adjacent to an activating group) is 1. The van der Waals surface area contributed by atoms with Crippen LogP contribution in [0.4, 0.5) is 0 Å². The smallest absolute Gasteiger partial charge is 0.255 e. The third-order valence-electron chi connectivity index (χ3n) is 3.14. The fourth-order valence-corrected chi connectivity index (χ4v) is 2.83. The molecule has 21 heavy (non-hydrogen) atoms. The van der Waals surface area contributed by atoms with E-state index in [-0.39, 0.29) is 19.1 Å². The minimum absolute atomic E-state index is 0.148. The van der Waals surface area contributed by atoms with Crippen LogP contribution in [0, 0.1) is 0 Å². The predicted octanol–water partition coefficient (Wildman–Crippen LogP) is 2.77. The first-order chi connectivity index (χ1) is 9.93. The summed E-state index contributed by atoms with van der Waals surface area (Å²) in [5.74, 6) is -0.148. The van der Waals surface area contributed by atoms with Crippen molar-refractivity contribution in [1.82, 2.24) is 9.88 Å². The number of aromatic amines is 1. The van der Waals surface area contributed by atoms with Gasteiger partial charge in [-0.3, -0.25) is 4.79 Å². The molecule has 0 bridgehead atoms. The van der Waals surface area contributed by atoms with E-state index in [0.717, 1.165) is 19.8 Å². The number of aromatic nitrogens is 1. The number of methoxy groups -OCH3 is 1. The summed E-state index contributed by atoms with van der Waals surface area (Å²) in [5.41, 5.74) is 1.45. The highest BCUT2D eigenvalue weighted by atomic mass is 79.9. The number of carbonyl (C=O) groups is 1. The molecule has 1 atom stereocenters. The normalized spacial score (nSPS) is 12.6. The van der Waals surface area contributed by atoms with Crippen LogP contribution < -0.4 is 0 Å². The molecule has 1 heterocycles. The van der Waals surface area contributed by atoms with Crippen molar-refractivity contribution in [2.75, 3.05) is 27.3 Å². The lowest BCUT2D eigenvalue weighted by Gasteiger charge is -2.20. The Morgan fingerprint density at radius 3 is 2.76 bits per heavy atom. The highest BCUT2D eigenvalue weighted by Crippen LogP contribution is 2.30. The molecule has 0 fully saturated rings. The molecule has 0 aliphatic rings. The fourth-order valence-electron chi connectivity index (χ4n) is 2.14. The number of nitrogens with zero attached hydrogens (tertiary/aromatic N) is 1. The van der Waals surface area contributed by atoms with E-state index in [1.165, 1.54) is 12.0 Å². The Balaban J connectivity index is 2.25. The number of aliphatic hydroxyl groups is 1. The fraction of sp³-hybridized carbons (Fsp3) is 0.357. The Hall–Kier alpha value is -0.890. The summed E-state index contributed by atoms with van der Waals surface area (Å²) < 4.78 is 6.67. The van der Waals surface area contributed by atoms with Crippen LogP contribution in [0.5, 0.6) is 0 Å². The molecule has 0 radical (unpaired) electrons. The second kappa shape index (κ2) is 6.91. The second-order valence-electron chi connectivity index (χ2n) is 4.81. The summed E-state index contributed by atoms with van der Waals surface area (Å²) >= 11 is 6.87. The molecule has 0 aliphatic carbocycles. The van der Waals surface area contributed by atoms with Gasteiger partial charge in [-0.25, -0.2) is 0 Å². The molecule has 2 aromatic rings. The molecule has 0 spiro atoms. The van der Waals surface area contributed by atoms with Crippen molar-refractivity contribution in [3.63, 3.8) is 0 Å². The number of amides is 1. The Morgan fingerprint density at radius 1 is 1.43 bits per heavy atom. The third-order valence-corrected chi connectivity index (χ3v) is 4.99. The predicted molar refractivity (Wildman–Crippen MR) is 88.5 cm³/mol. The van der Waals surface area contributed by atoms with Crippen LogP contribution in [0.15, 0.2) is 27.3 Å². The van der Waals surface area contributed by atoms with Gasteiger partial charge in [0, 0.05) is 46.7 Å².